The van der Waals surface area contributed by atoms with Crippen molar-refractivity contribution in [2.75, 3.05) is 0 Å². The molecule has 13 heavy (non-hydrogen) atoms. The molecule has 0 bridgehead atoms. The van der Waals surface area contributed by atoms with Gasteiger partial charge in [0.25, 0.3) is 5.92 Å². The zero-order chi connectivity index (χ0) is 9.90. The van der Waals surface area contributed by atoms with E-state index in [1.807, 2.05) is 0 Å². The minimum Gasteiger partial charge on any atom is -0.325 e. The maximum Gasteiger partial charge on any atom is 0.273 e. The van der Waals surface area contributed by atoms with Gasteiger partial charge < -0.3 is 5.73 Å². The Hall–Kier alpha value is -1.03. The van der Waals surface area contributed by atoms with Crippen molar-refractivity contribution < 1.29 is 8.78 Å². The van der Waals surface area contributed by atoms with Crippen LogP contribution in [0.25, 0.3) is 0 Å². The number of nitrogens with zero attached hydrogens (tertiary/aromatic N) is 1. The van der Waals surface area contributed by atoms with E-state index in [1.54, 1.807) is 0 Å². The van der Waals surface area contributed by atoms with E-state index in [2.05, 4.69) is 4.98 Å². The second-order valence-corrected chi connectivity index (χ2v) is 2.80. The second-order valence-electron chi connectivity index (χ2n) is 2.80. The lowest BCUT2D eigenvalue weighted by Crippen LogP contribution is -2.13. The van der Waals surface area contributed by atoms with E-state index < -0.39 is 5.92 Å². The first-order valence-corrected chi connectivity index (χ1v) is 4.13. The lowest BCUT2D eigenvalue weighted by atomic mass is 10.1. The van der Waals surface area contributed by atoms with Gasteiger partial charge in [0.1, 0.15) is 0 Å². The van der Waals surface area contributed by atoms with Gasteiger partial charge in [0.2, 0.25) is 0 Å². The van der Waals surface area contributed by atoms with Crippen molar-refractivity contribution in [3.05, 3.63) is 29.6 Å². The Morgan fingerprint density at radius 2 is 2.23 bits per heavy atom. The molecular weight excluding hydrogens is 174 g/mol. The minimum atomic E-state index is -2.77. The summed E-state index contributed by atoms with van der Waals surface area (Å²) in [6, 6.07) is 2.67. The molecule has 1 aromatic rings. The third kappa shape index (κ3) is 2.21. The zero-order valence-electron chi connectivity index (χ0n) is 7.43. The molecule has 0 aromatic carbocycles. The van der Waals surface area contributed by atoms with Gasteiger partial charge in [-0.15, -0.1) is 0 Å². The Balaban J connectivity index is 3.01. The van der Waals surface area contributed by atoms with Gasteiger partial charge in [-0.3, -0.25) is 4.98 Å². The Labute approximate surface area is 75.8 Å². The van der Waals surface area contributed by atoms with Gasteiger partial charge in [-0.2, -0.15) is 0 Å². The topological polar surface area (TPSA) is 38.9 Å². The summed E-state index contributed by atoms with van der Waals surface area (Å²) in [7, 11) is 0. The Morgan fingerprint density at radius 3 is 2.77 bits per heavy atom. The molecular formula is C9H12F2N2. The molecule has 0 aliphatic rings. The van der Waals surface area contributed by atoms with Crippen LogP contribution in [0.1, 0.15) is 24.6 Å². The maximum absolute atomic E-state index is 13.1. The van der Waals surface area contributed by atoms with Gasteiger partial charge in [-0.05, 0) is 12.1 Å². The average molecular weight is 186 g/mol. The van der Waals surface area contributed by atoms with Gasteiger partial charge in [0.15, 0.2) is 0 Å². The molecule has 2 nitrogen and oxygen atoms in total. The summed E-state index contributed by atoms with van der Waals surface area (Å²) in [5.41, 5.74) is 5.78. The summed E-state index contributed by atoms with van der Waals surface area (Å²) < 4.78 is 26.3. The molecule has 0 atom stereocenters. The summed E-state index contributed by atoms with van der Waals surface area (Å²) in [6.07, 6.45) is 1.15. The minimum absolute atomic E-state index is 0.00884. The van der Waals surface area contributed by atoms with Gasteiger partial charge in [-0.25, -0.2) is 8.78 Å². The lowest BCUT2D eigenvalue weighted by molar-refractivity contribution is -0.00844. The summed E-state index contributed by atoms with van der Waals surface area (Å²) in [4.78, 5) is 3.85. The molecule has 0 saturated carbocycles. The molecule has 0 amide bonds. The quantitative estimate of drug-likeness (QED) is 0.784. The van der Waals surface area contributed by atoms with Crippen molar-refractivity contribution in [1.82, 2.24) is 4.98 Å². The van der Waals surface area contributed by atoms with E-state index >= 15 is 0 Å². The number of rotatable bonds is 3. The highest BCUT2D eigenvalue weighted by molar-refractivity contribution is 5.20. The molecule has 0 unspecified atom stereocenters. The average Bonchev–Trinajstić information content (AvgIpc) is 2.18. The summed E-state index contributed by atoms with van der Waals surface area (Å²) in [5.74, 6) is -2.77. The van der Waals surface area contributed by atoms with Gasteiger partial charge >= 0.3 is 0 Å². The normalized spacial score (nSPS) is 11.7. The van der Waals surface area contributed by atoms with Crippen molar-refractivity contribution in [3.63, 3.8) is 0 Å². The van der Waals surface area contributed by atoms with Crippen LogP contribution in [0.2, 0.25) is 0 Å². The largest absolute Gasteiger partial charge is 0.325 e. The monoisotopic (exact) mass is 186 g/mol. The summed E-state index contributed by atoms with van der Waals surface area (Å²) >= 11 is 0. The van der Waals surface area contributed by atoms with Crippen LogP contribution in [0.3, 0.4) is 0 Å². The van der Waals surface area contributed by atoms with Crippen molar-refractivity contribution in [3.8, 4) is 0 Å². The van der Waals surface area contributed by atoms with Gasteiger partial charge in [0.05, 0.1) is 5.69 Å². The summed E-state index contributed by atoms with van der Waals surface area (Å²) in [6.45, 7) is 1.64. The van der Waals surface area contributed by atoms with E-state index in [4.69, 9.17) is 5.73 Å². The second kappa shape index (κ2) is 3.79. The highest BCUT2D eigenvalue weighted by atomic mass is 19.3. The number of hydrogen-bond acceptors (Lipinski definition) is 2. The predicted octanol–water partition coefficient (Wildman–Crippen LogP) is 2.04. The third-order valence-corrected chi connectivity index (χ3v) is 1.89. The van der Waals surface area contributed by atoms with Crippen LogP contribution in [0.15, 0.2) is 18.3 Å². The highest BCUT2D eigenvalue weighted by Crippen LogP contribution is 2.30. The van der Waals surface area contributed by atoms with E-state index in [9.17, 15) is 8.78 Å². The molecule has 0 fully saturated rings. The number of alkyl halides is 2. The smallest absolute Gasteiger partial charge is 0.273 e. The fourth-order valence-corrected chi connectivity index (χ4v) is 1.02. The van der Waals surface area contributed by atoms with Crippen molar-refractivity contribution in [1.29, 1.82) is 0 Å². The number of halogens is 2. The van der Waals surface area contributed by atoms with E-state index in [0.29, 0.717) is 5.69 Å². The van der Waals surface area contributed by atoms with Crippen molar-refractivity contribution in [2.24, 2.45) is 5.73 Å². The van der Waals surface area contributed by atoms with Crippen LogP contribution >= 0.6 is 0 Å². The molecule has 1 aromatic heterocycles. The summed E-state index contributed by atoms with van der Waals surface area (Å²) in [5, 5.41) is 0. The fourth-order valence-electron chi connectivity index (χ4n) is 1.02. The van der Waals surface area contributed by atoms with E-state index in [1.165, 1.54) is 25.3 Å². The first kappa shape index (κ1) is 10.1. The maximum atomic E-state index is 13.1. The zero-order valence-corrected chi connectivity index (χ0v) is 7.43. The van der Waals surface area contributed by atoms with Gasteiger partial charge in [0, 0.05) is 24.7 Å². The van der Waals surface area contributed by atoms with Crippen LogP contribution < -0.4 is 5.73 Å². The molecule has 72 valence electrons. The molecule has 1 heterocycles. The number of aromatic nitrogens is 1. The van der Waals surface area contributed by atoms with Crippen LogP contribution in [0.4, 0.5) is 8.78 Å². The lowest BCUT2D eigenvalue weighted by Gasteiger charge is -2.14. The van der Waals surface area contributed by atoms with E-state index in [0.717, 1.165) is 0 Å². The number of nitrogens with two attached hydrogens (primary N) is 1. The van der Waals surface area contributed by atoms with E-state index in [-0.39, 0.29) is 18.5 Å². The van der Waals surface area contributed by atoms with Crippen molar-refractivity contribution >= 4 is 0 Å². The molecule has 0 radical (unpaired) electrons. The van der Waals surface area contributed by atoms with Crippen LogP contribution in [-0.4, -0.2) is 4.98 Å². The molecule has 0 spiro atoms. The van der Waals surface area contributed by atoms with Crippen LogP contribution in [0, 0.1) is 0 Å². The van der Waals surface area contributed by atoms with Gasteiger partial charge in [-0.1, -0.05) is 6.92 Å². The molecule has 1 rings (SSSR count). The highest BCUT2D eigenvalue weighted by Gasteiger charge is 2.28. The SMILES string of the molecule is CCC(F)(F)c1ccnc(CN)c1. The Bertz CT molecular complexity index is 287. The third-order valence-electron chi connectivity index (χ3n) is 1.89. The Morgan fingerprint density at radius 1 is 1.54 bits per heavy atom. The molecule has 0 aliphatic carbocycles. The molecule has 4 heteroatoms. The molecule has 0 aliphatic heterocycles. The number of hydrogen-bond donors (Lipinski definition) is 1. The molecule has 0 saturated heterocycles. The fraction of sp³-hybridized carbons (Fsp3) is 0.444. The van der Waals surface area contributed by atoms with Crippen LogP contribution in [-0.2, 0) is 12.5 Å². The Kier molecular flexibility index (Phi) is 2.93. The van der Waals surface area contributed by atoms with Crippen LogP contribution in [0.5, 0.6) is 0 Å². The standard InChI is InChI=1S/C9H12F2N2/c1-2-9(10,11)7-3-4-13-8(5-7)6-12/h3-5H,2,6,12H2,1H3. The first-order chi connectivity index (χ1) is 6.10. The predicted molar refractivity (Wildman–Crippen MR) is 46.3 cm³/mol. The molecule has 2 N–H and O–H groups in total. The number of pyridine rings is 1. The van der Waals surface area contributed by atoms with Crippen molar-refractivity contribution in [2.45, 2.75) is 25.8 Å². The first-order valence-electron chi connectivity index (χ1n) is 4.13.